The number of methoxy groups -OCH3 is 2. The lowest BCUT2D eigenvalue weighted by atomic mass is 10.0. The van der Waals surface area contributed by atoms with Gasteiger partial charge in [0.1, 0.15) is 41.1 Å². The average Bonchev–Trinajstić information content (AvgIpc) is 3.02. The Morgan fingerprint density at radius 1 is 0.911 bits per heavy atom. The van der Waals surface area contributed by atoms with Crippen LogP contribution in [0.2, 0.25) is 0 Å². The van der Waals surface area contributed by atoms with Crippen molar-refractivity contribution < 1.29 is 32.6 Å². The number of nitrogens with one attached hydrogen (secondary N) is 1. The molecule has 0 unspecified atom stereocenters. The highest BCUT2D eigenvalue weighted by molar-refractivity contribution is 6.04. The lowest BCUT2D eigenvalue weighted by molar-refractivity contribution is -0.129. The third kappa shape index (κ3) is 6.56. The Kier molecular flexibility index (Phi) is 8.70. The smallest absolute Gasteiger partial charge is 0.262 e. The molecule has 2 amide bonds. The Morgan fingerprint density at radius 2 is 1.67 bits per heavy atom. The largest absolute Gasteiger partial charge is 0.493 e. The highest BCUT2D eigenvalue weighted by Crippen LogP contribution is 2.36. The molecule has 3 aromatic heterocycles. The predicted molar refractivity (Wildman–Crippen MR) is 162 cm³/mol. The van der Waals surface area contributed by atoms with Crippen molar-refractivity contribution in [3.8, 4) is 34.1 Å². The second kappa shape index (κ2) is 12.8. The minimum atomic E-state index is -0.994. The number of amides is 2. The second-order valence-corrected chi connectivity index (χ2v) is 9.97. The van der Waals surface area contributed by atoms with Gasteiger partial charge in [-0.3, -0.25) is 19.4 Å². The van der Waals surface area contributed by atoms with Crippen molar-refractivity contribution >= 4 is 28.5 Å². The van der Waals surface area contributed by atoms with Crippen LogP contribution in [0.1, 0.15) is 10.4 Å². The number of nitrogens with zero attached hydrogens (tertiary/aromatic N) is 4. The summed E-state index contributed by atoms with van der Waals surface area (Å²) >= 11 is 0. The summed E-state index contributed by atoms with van der Waals surface area (Å²) in [4.78, 5) is 48.9. The van der Waals surface area contributed by atoms with Gasteiger partial charge in [-0.05, 0) is 36.4 Å². The molecule has 0 atom stereocenters. The molecule has 45 heavy (non-hydrogen) atoms. The van der Waals surface area contributed by atoms with Crippen molar-refractivity contribution in [1.29, 1.82) is 0 Å². The first kappa shape index (κ1) is 30.6. The predicted octanol–water partition coefficient (Wildman–Crippen LogP) is 4.89. The lowest BCUT2D eigenvalue weighted by Gasteiger charge is -2.15. The number of halogens is 2. The quantitative estimate of drug-likeness (QED) is 0.249. The first-order valence-corrected chi connectivity index (χ1v) is 13.4. The van der Waals surface area contributed by atoms with E-state index in [1.807, 2.05) is 0 Å². The van der Waals surface area contributed by atoms with Crippen LogP contribution in [0.25, 0.3) is 22.0 Å². The molecule has 0 fully saturated rings. The van der Waals surface area contributed by atoms with E-state index in [4.69, 9.17) is 14.2 Å². The lowest BCUT2D eigenvalue weighted by Crippen LogP contribution is -2.29. The number of hydrogen-bond donors (Lipinski definition) is 1. The zero-order chi connectivity index (χ0) is 32.2. The molecule has 3 heterocycles. The first-order chi connectivity index (χ1) is 21.6. The second-order valence-electron chi connectivity index (χ2n) is 9.97. The first-order valence-electron chi connectivity index (χ1n) is 13.4. The molecule has 0 saturated carbocycles. The SMILES string of the molecule is COc1cc2nccc(Oc3ccc(NC(=O)c4cn(CC(=O)N(C)C)cc(-c5ccc(F)cc5F)c4=O)nc3)c2cc1OC. The number of pyridine rings is 3. The minimum absolute atomic E-state index is 0.0898. The van der Waals surface area contributed by atoms with Gasteiger partial charge < -0.3 is 29.0 Å². The maximum atomic E-state index is 14.7. The van der Waals surface area contributed by atoms with E-state index >= 15 is 0 Å². The molecule has 230 valence electrons. The summed E-state index contributed by atoms with van der Waals surface area (Å²) in [6.07, 6.45) is 5.40. The van der Waals surface area contributed by atoms with Crippen molar-refractivity contribution in [3.63, 3.8) is 0 Å². The molecule has 1 N–H and O–H groups in total. The van der Waals surface area contributed by atoms with Gasteiger partial charge in [0.2, 0.25) is 11.3 Å². The van der Waals surface area contributed by atoms with Gasteiger partial charge >= 0.3 is 0 Å². The van der Waals surface area contributed by atoms with E-state index in [1.165, 1.54) is 48.3 Å². The summed E-state index contributed by atoms with van der Waals surface area (Å²) in [5, 5.41) is 3.21. The third-order valence-electron chi connectivity index (χ3n) is 6.77. The Hall–Kier alpha value is -5.85. The van der Waals surface area contributed by atoms with Gasteiger partial charge in [-0.15, -0.1) is 0 Å². The third-order valence-corrected chi connectivity index (χ3v) is 6.77. The molecule has 0 aliphatic rings. The normalized spacial score (nSPS) is 10.8. The van der Waals surface area contributed by atoms with Crippen LogP contribution in [0.4, 0.5) is 14.6 Å². The van der Waals surface area contributed by atoms with Crippen molar-refractivity contribution in [1.82, 2.24) is 19.4 Å². The van der Waals surface area contributed by atoms with Crippen LogP contribution in [-0.4, -0.2) is 59.6 Å². The fourth-order valence-electron chi connectivity index (χ4n) is 4.44. The van der Waals surface area contributed by atoms with Crippen LogP contribution in [0, 0.1) is 11.6 Å². The number of rotatable bonds is 9. The van der Waals surface area contributed by atoms with Crippen molar-refractivity contribution in [2.24, 2.45) is 0 Å². The number of fused-ring (bicyclic) bond motifs is 1. The molecule has 5 aromatic rings. The van der Waals surface area contributed by atoms with Gasteiger partial charge in [0.15, 0.2) is 11.5 Å². The number of ether oxygens (including phenoxy) is 3. The molecular formula is C32H27F2N5O6. The van der Waals surface area contributed by atoms with Crippen LogP contribution in [-0.2, 0) is 11.3 Å². The molecule has 0 aliphatic heterocycles. The van der Waals surface area contributed by atoms with Crippen molar-refractivity contribution in [3.05, 3.63) is 101 Å². The van der Waals surface area contributed by atoms with Gasteiger partial charge in [0.25, 0.3) is 5.91 Å². The molecule has 0 aliphatic carbocycles. The van der Waals surface area contributed by atoms with E-state index in [9.17, 15) is 23.2 Å². The summed E-state index contributed by atoms with van der Waals surface area (Å²) in [6, 6.07) is 10.9. The van der Waals surface area contributed by atoms with E-state index in [-0.39, 0.29) is 35.0 Å². The van der Waals surface area contributed by atoms with Crippen LogP contribution in [0.3, 0.4) is 0 Å². The number of carbonyl (C=O) groups excluding carboxylic acids is 2. The molecular weight excluding hydrogens is 588 g/mol. The highest BCUT2D eigenvalue weighted by atomic mass is 19.1. The van der Waals surface area contributed by atoms with Crippen molar-refractivity contribution in [2.45, 2.75) is 6.54 Å². The molecule has 0 bridgehead atoms. The summed E-state index contributed by atoms with van der Waals surface area (Å²) < 4.78 is 46.3. The number of aromatic nitrogens is 3. The highest BCUT2D eigenvalue weighted by Gasteiger charge is 2.20. The number of carbonyl (C=O) groups is 2. The average molecular weight is 616 g/mol. The molecule has 13 heteroatoms. The fourth-order valence-corrected chi connectivity index (χ4v) is 4.44. The van der Waals surface area contributed by atoms with E-state index < -0.39 is 23.0 Å². The summed E-state index contributed by atoms with van der Waals surface area (Å²) in [5.41, 5.74) is -1.02. The minimum Gasteiger partial charge on any atom is -0.493 e. The van der Waals surface area contributed by atoms with Gasteiger partial charge in [0.05, 0.1) is 25.9 Å². The van der Waals surface area contributed by atoms with E-state index in [1.54, 1.807) is 44.6 Å². The molecule has 11 nitrogen and oxygen atoms in total. The monoisotopic (exact) mass is 615 g/mol. The van der Waals surface area contributed by atoms with Crippen LogP contribution < -0.4 is 25.0 Å². The van der Waals surface area contributed by atoms with Gasteiger partial charge in [-0.25, -0.2) is 13.8 Å². The number of likely N-dealkylation sites (N-methyl/N-ethyl adjacent to an activating group) is 1. The Labute approximate surface area is 255 Å². The molecule has 5 rings (SSSR count). The maximum Gasteiger partial charge on any atom is 0.262 e. The van der Waals surface area contributed by atoms with Gasteiger partial charge in [-0.2, -0.15) is 0 Å². The standard InChI is InChI=1S/C32H27F2N5O6/c1-38(2)30(40)17-39-15-22(20-7-5-18(33)11-24(20)34)31(41)23(16-39)32(42)37-29-8-6-19(14-36-29)45-26-9-10-35-25-13-28(44-4)27(43-3)12-21(25)26/h5-16H,17H2,1-4H3,(H,36,37,42). The molecule has 0 radical (unpaired) electrons. The Bertz CT molecular complexity index is 1980. The molecule has 0 saturated heterocycles. The molecule has 2 aromatic carbocycles. The van der Waals surface area contributed by atoms with E-state index in [0.717, 1.165) is 12.1 Å². The fraction of sp³-hybridized carbons (Fsp3) is 0.156. The Balaban J connectivity index is 1.42. The topological polar surface area (TPSA) is 125 Å². The van der Waals surface area contributed by atoms with E-state index in [2.05, 4.69) is 15.3 Å². The van der Waals surface area contributed by atoms with Crippen molar-refractivity contribution in [2.75, 3.05) is 33.6 Å². The van der Waals surface area contributed by atoms with Crippen LogP contribution in [0.5, 0.6) is 23.0 Å². The summed E-state index contributed by atoms with van der Waals surface area (Å²) in [5.74, 6) is -1.10. The zero-order valence-electron chi connectivity index (χ0n) is 24.6. The number of benzene rings is 2. The van der Waals surface area contributed by atoms with Crippen LogP contribution >= 0.6 is 0 Å². The summed E-state index contributed by atoms with van der Waals surface area (Å²) in [7, 11) is 6.14. The molecule has 0 spiro atoms. The summed E-state index contributed by atoms with van der Waals surface area (Å²) in [6.45, 7) is -0.240. The van der Waals surface area contributed by atoms with Gasteiger partial charge in [-0.1, -0.05) is 0 Å². The zero-order valence-corrected chi connectivity index (χ0v) is 24.6. The number of anilines is 1. The number of hydrogen-bond acceptors (Lipinski definition) is 8. The maximum absolute atomic E-state index is 14.7. The van der Waals surface area contributed by atoms with E-state index in [0.29, 0.717) is 40.0 Å². The van der Waals surface area contributed by atoms with Gasteiger partial charge in [0, 0.05) is 61.3 Å². The Morgan fingerprint density at radius 3 is 2.33 bits per heavy atom. The van der Waals surface area contributed by atoms with Crippen LogP contribution in [0.15, 0.2) is 78.1 Å².